The van der Waals surface area contributed by atoms with E-state index in [0.717, 1.165) is 32.1 Å². The van der Waals surface area contributed by atoms with E-state index in [-0.39, 0.29) is 0 Å². The van der Waals surface area contributed by atoms with Crippen LogP contribution in [0.2, 0.25) is 0 Å². The Labute approximate surface area is 190 Å². The fourth-order valence-electron chi connectivity index (χ4n) is 3.53. The first-order chi connectivity index (χ1) is 14.5. The lowest BCUT2D eigenvalue weighted by molar-refractivity contribution is 0.547. The highest BCUT2D eigenvalue weighted by Gasteiger charge is 2.17. The molecule has 0 aromatic rings. The molecular weight excluding hydrogens is 360 g/mol. The van der Waals surface area contributed by atoms with Crippen molar-refractivity contribution >= 4 is 0 Å². The Morgan fingerprint density at radius 1 is 0.600 bits per heavy atom. The first-order valence-electron chi connectivity index (χ1n) is 12.8. The Bertz CT molecular complexity index is 564. The summed E-state index contributed by atoms with van der Waals surface area (Å²) in [5, 5.41) is 0. The van der Waals surface area contributed by atoms with E-state index in [2.05, 4.69) is 77.1 Å². The van der Waals surface area contributed by atoms with Crippen LogP contribution in [0.4, 0.5) is 0 Å². The van der Waals surface area contributed by atoms with Gasteiger partial charge >= 0.3 is 0 Å². The van der Waals surface area contributed by atoms with Gasteiger partial charge in [0.15, 0.2) is 0 Å². The lowest BCUT2D eigenvalue weighted by Crippen LogP contribution is -2.11. The summed E-state index contributed by atoms with van der Waals surface area (Å²) in [4.78, 5) is 0. The Kier molecular flexibility index (Phi) is 20.0. The van der Waals surface area contributed by atoms with Gasteiger partial charge in [-0.05, 0) is 38.0 Å². The average molecular weight is 410 g/mol. The van der Waals surface area contributed by atoms with Crippen LogP contribution in [0.5, 0.6) is 0 Å². The molecule has 3 atom stereocenters. The van der Waals surface area contributed by atoms with E-state index in [0.29, 0.717) is 17.8 Å². The van der Waals surface area contributed by atoms with Crippen molar-refractivity contribution in [3.63, 3.8) is 0 Å². The fourth-order valence-corrected chi connectivity index (χ4v) is 3.53. The molecule has 0 rings (SSSR count). The summed E-state index contributed by atoms with van der Waals surface area (Å²) < 4.78 is 0. The second kappa shape index (κ2) is 20.9. The largest absolute Gasteiger partial charge is 0.103 e. The minimum absolute atomic E-state index is 0.371. The first kappa shape index (κ1) is 28.7. The SMILES string of the molecule is CCCCCC#CC(C)C[C](C)C(C#CCCCCC)CCC#CC(C)CCCC. The molecule has 169 valence electrons. The molecule has 30 heavy (non-hydrogen) atoms. The van der Waals surface area contributed by atoms with Crippen molar-refractivity contribution in [3.05, 3.63) is 5.92 Å². The maximum absolute atomic E-state index is 3.59. The highest BCUT2D eigenvalue weighted by atomic mass is 14.2. The van der Waals surface area contributed by atoms with Crippen LogP contribution in [0.3, 0.4) is 0 Å². The van der Waals surface area contributed by atoms with Crippen LogP contribution in [-0.4, -0.2) is 0 Å². The van der Waals surface area contributed by atoms with Gasteiger partial charge in [0.2, 0.25) is 0 Å². The monoisotopic (exact) mass is 409 g/mol. The molecule has 0 bridgehead atoms. The summed E-state index contributed by atoms with van der Waals surface area (Å²) in [5.41, 5.74) is 0. The fraction of sp³-hybridized carbons (Fsp3) is 0.767. The van der Waals surface area contributed by atoms with Gasteiger partial charge < -0.3 is 0 Å². The average Bonchev–Trinajstić information content (AvgIpc) is 2.73. The lowest BCUT2D eigenvalue weighted by atomic mass is 9.84. The van der Waals surface area contributed by atoms with Crippen molar-refractivity contribution in [2.24, 2.45) is 17.8 Å². The van der Waals surface area contributed by atoms with E-state index >= 15 is 0 Å². The second-order valence-electron chi connectivity index (χ2n) is 8.96. The van der Waals surface area contributed by atoms with Crippen LogP contribution in [0, 0.1) is 59.2 Å². The lowest BCUT2D eigenvalue weighted by Gasteiger charge is -2.19. The molecule has 3 unspecified atom stereocenters. The molecule has 0 aliphatic rings. The van der Waals surface area contributed by atoms with Crippen LogP contribution in [0.15, 0.2) is 0 Å². The summed E-state index contributed by atoms with van der Waals surface area (Å²) in [7, 11) is 0. The van der Waals surface area contributed by atoms with E-state index < -0.39 is 0 Å². The minimum Gasteiger partial charge on any atom is -0.103 e. The second-order valence-corrected chi connectivity index (χ2v) is 8.96. The molecule has 0 saturated carbocycles. The number of hydrogen-bond donors (Lipinski definition) is 0. The normalized spacial score (nSPS) is 13.3. The third-order valence-electron chi connectivity index (χ3n) is 5.56. The maximum atomic E-state index is 3.59. The van der Waals surface area contributed by atoms with Crippen molar-refractivity contribution < 1.29 is 0 Å². The molecule has 0 saturated heterocycles. The van der Waals surface area contributed by atoms with E-state index in [1.54, 1.807) is 0 Å². The Balaban J connectivity index is 4.71. The summed E-state index contributed by atoms with van der Waals surface area (Å²) in [6, 6.07) is 0. The maximum Gasteiger partial charge on any atom is 0.0271 e. The molecule has 0 aliphatic heterocycles. The predicted octanol–water partition coefficient (Wildman–Crippen LogP) is 9.00. The van der Waals surface area contributed by atoms with Gasteiger partial charge in [0.05, 0.1) is 0 Å². The van der Waals surface area contributed by atoms with Crippen molar-refractivity contribution in [2.75, 3.05) is 0 Å². The van der Waals surface area contributed by atoms with Gasteiger partial charge in [-0.15, -0.1) is 29.6 Å². The topological polar surface area (TPSA) is 0 Å². The standard InChI is InChI=1S/C30H49/c1-7-10-13-15-17-23-28(5)26-29(6)30(24-18-16-14-11-8-2)25-20-19-22-27(4)21-12-9-3/h27-28,30H,7-16,20-21,25-26H2,1-6H3. The van der Waals surface area contributed by atoms with Gasteiger partial charge in [0.25, 0.3) is 0 Å². The van der Waals surface area contributed by atoms with Crippen molar-refractivity contribution in [1.82, 2.24) is 0 Å². The zero-order valence-corrected chi connectivity index (χ0v) is 21.1. The zero-order valence-electron chi connectivity index (χ0n) is 21.1. The smallest absolute Gasteiger partial charge is 0.0271 e. The van der Waals surface area contributed by atoms with Gasteiger partial charge in [0.1, 0.15) is 0 Å². The zero-order chi connectivity index (χ0) is 22.5. The van der Waals surface area contributed by atoms with E-state index in [9.17, 15) is 0 Å². The summed E-state index contributed by atoms with van der Waals surface area (Å²) >= 11 is 0. The number of hydrogen-bond acceptors (Lipinski definition) is 0. The van der Waals surface area contributed by atoms with Crippen molar-refractivity contribution in [2.45, 2.75) is 131 Å². The molecule has 0 nitrogen and oxygen atoms in total. The summed E-state index contributed by atoms with van der Waals surface area (Å²) in [6.07, 6.45) is 16.5. The molecule has 0 aromatic heterocycles. The molecule has 0 spiro atoms. The summed E-state index contributed by atoms with van der Waals surface area (Å²) in [5.74, 6) is 23.6. The van der Waals surface area contributed by atoms with Crippen molar-refractivity contribution in [1.29, 1.82) is 0 Å². The van der Waals surface area contributed by atoms with Gasteiger partial charge in [-0.1, -0.05) is 86.0 Å². The van der Waals surface area contributed by atoms with E-state index in [1.807, 2.05) is 0 Å². The third-order valence-corrected chi connectivity index (χ3v) is 5.56. The highest BCUT2D eigenvalue weighted by molar-refractivity contribution is 5.16. The molecular formula is C30H49. The van der Waals surface area contributed by atoms with Crippen LogP contribution >= 0.6 is 0 Å². The molecule has 0 amide bonds. The number of unbranched alkanes of at least 4 members (excludes halogenated alkanes) is 7. The van der Waals surface area contributed by atoms with Gasteiger partial charge in [-0.2, -0.15) is 0 Å². The molecule has 0 heteroatoms. The summed E-state index contributed by atoms with van der Waals surface area (Å²) in [6.45, 7) is 13.5. The first-order valence-corrected chi connectivity index (χ1v) is 12.8. The Morgan fingerprint density at radius 3 is 1.73 bits per heavy atom. The van der Waals surface area contributed by atoms with Crippen LogP contribution in [-0.2, 0) is 0 Å². The van der Waals surface area contributed by atoms with Gasteiger partial charge in [0, 0.05) is 37.0 Å². The molecule has 0 fully saturated rings. The van der Waals surface area contributed by atoms with Gasteiger partial charge in [-0.3, -0.25) is 0 Å². The third kappa shape index (κ3) is 17.5. The molecule has 0 aromatic carbocycles. The van der Waals surface area contributed by atoms with Crippen LogP contribution in [0.1, 0.15) is 131 Å². The van der Waals surface area contributed by atoms with Crippen LogP contribution < -0.4 is 0 Å². The molecule has 0 N–H and O–H groups in total. The molecule has 0 heterocycles. The highest BCUT2D eigenvalue weighted by Crippen LogP contribution is 2.26. The Hall–Kier alpha value is -1.32. The van der Waals surface area contributed by atoms with Gasteiger partial charge in [-0.25, -0.2) is 0 Å². The van der Waals surface area contributed by atoms with E-state index in [4.69, 9.17) is 0 Å². The quantitative estimate of drug-likeness (QED) is 0.198. The van der Waals surface area contributed by atoms with Crippen LogP contribution in [0.25, 0.3) is 0 Å². The Morgan fingerprint density at radius 2 is 1.13 bits per heavy atom. The van der Waals surface area contributed by atoms with Crippen molar-refractivity contribution in [3.8, 4) is 35.5 Å². The van der Waals surface area contributed by atoms with E-state index in [1.165, 1.54) is 63.7 Å². The number of rotatable bonds is 14. The molecule has 0 aliphatic carbocycles. The predicted molar refractivity (Wildman–Crippen MR) is 136 cm³/mol. The minimum atomic E-state index is 0.371. The molecule has 1 radical (unpaired) electrons.